The van der Waals surface area contributed by atoms with Gasteiger partial charge in [-0.25, -0.2) is 9.50 Å². The van der Waals surface area contributed by atoms with Gasteiger partial charge in [0.1, 0.15) is 5.69 Å². The fourth-order valence-electron chi connectivity index (χ4n) is 5.80. The number of aromatic nitrogens is 3. The smallest absolute Gasteiger partial charge is 0.298 e. The summed E-state index contributed by atoms with van der Waals surface area (Å²) in [6.07, 6.45) is 5.97. The predicted octanol–water partition coefficient (Wildman–Crippen LogP) is 5.74. The summed E-state index contributed by atoms with van der Waals surface area (Å²) in [4.78, 5) is 18.5. The normalized spacial score (nSPS) is 14.3. The molecule has 1 amide bonds. The Morgan fingerprint density at radius 3 is 2.39 bits per heavy atom. The van der Waals surface area contributed by atoms with Crippen molar-refractivity contribution in [3.63, 3.8) is 0 Å². The number of rotatable bonds is 4. The average Bonchev–Trinajstić information content (AvgIpc) is 3.70. The van der Waals surface area contributed by atoms with Crippen molar-refractivity contribution in [3.8, 4) is 40.2 Å². The molecule has 0 spiro atoms. The Morgan fingerprint density at radius 2 is 1.64 bits per heavy atom. The number of carbonyl (C=O) groups excluding carboxylic acids is 1. The number of hydrogen-bond acceptors (Lipinski definition) is 5. The Balaban J connectivity index is 0.000000168. The number of piperidine rings is 1. The summed E-state index contributed by atoms with van der Waals surface area (Å²) in [5.74, 6) is 6.15. The topological polar surface area (TPSA) is 85.8 Å². The second kappa shape index (κ2) is 13.6. The van der Waals surface area contributed by atoms with E-state index in [0.29, 0.717) is 12.3 Å². The lowest BCUT2D eigenvalue weighted by molar-refractivity contribution is -0.126. The standard InChI is InChI=1S/C22H19N3O.C15H18N2O/c1-26-20-13-12-19-23-21(18-11-10-15-8-5-9-17(15)14-18)22(25(19)24-20)16-6-3-2-4-7-16;16-14-9-11-17(12-10-14)15(18)8-4-7-13-5-2-1-3-6-13/h2-4,6-7,10-14H,5,8-9H2,1H3;1-3,5-6,14H,7,9-12,16H2. The molecule has 2 aliphatic rings. The molecule has 7 rings (SSSR count). The Bertz CT molecular complexity index is 1800. The zero-order valence-electron chi connectivity index (χ0n) is 25.1. The molecule has 1 fully saturated rings. The number of fused-ring (bicyclic) bond motifs is 2. The van der Waals surface area contributed by atoms with Crippen LogP contribution in [0.2, 0.25) is 0 Å². The number of nitrogens with two attached hydrogens (primary N) is 1. The summed E-state index contributed by atoms with van der Waals surface area (Å²) in [6.45, 7) is 1.47. The van der Waals surface area contributed by atoms with Crippen LogP contribution in [0.3, 0.4) is 0 Å². The fraction of sp³-hybridized carbons (Fsp3) is 0.270. The van der Waals surface area contributed by atoms with Crippen molar-refractivity contribution >= 4 is 11.6 Å². The van der Waals surface area contributed by atoms with Crippen molar-refractivity contribution in [2.24, 2.45) is 5.73 Å². The number of hydrogen-bond donors (Lipinski definition) is 1. The lowest BCUT2D eigenvalue weighted by Gasteiger charge is -2.28. The largest absolute Gasteiger partial charge is 0.480 e. The first-order valence-corrected chi connectivity index (χ1v) is 15.3. The third-order valence-corrected chi connectivity index (χ3v) is 8.24. The highest BCUT2D eigenvalue weighted by atomic mass is 16.5. The van der Waals surface area contributed by atoms with Crippen LogP contribution in [0.4, 0.5) is 0 Å². The average molecular weight is 584 g/mol. The second-order valence-corrected chi connectivity index (χ2v) is 11.3. The van der Waals surface area contributed by atoms with Gasteiger partial charge in [0.15, 0.2) is 5.65 Å². The number of methoxy groups -OCH3 is 1. The summed E-state index contributed by atoms with van der Waals surface area (Å²) >= 11 is 0. The molecule has 1 aliphatic carbocycles. The molecule has 3 aromatic carbocycles. The molecule has 3 heterocycles. The minimum Gasteiger partial charge on any atom is -0.480 e. The maximum Gasteiger partial charge on any atom is 0.298 e. The Morgan fingerprint density at radius 1 is 0.909 bits per heavy atom. The lowest BCUT2D eigenvalue weighted by Crippen LogP contribution is -2.42. The van der Waals surface area contributed by atoms with Crippen molar-refractivity contribution in [1.82, 2.24) is 19.5 Å². The van der Waals surface area contributed by atoms with E-state index < -0.39 is 0 Å². The number of nitrogens with zero attached hydrogens (tertiary/aromatic N) is 4. The van der Waals surface area contributed by atoms with E-state index in [1.54, 1.807) is 12.0 Å². The third-order valence-electron chi connectivity index (χ3n) is 8.24. The summed E-state index contributed by atoms with van der Waals surface area (Å²) in [5.41, 5.74) is 14.9. The molecule has 0 bridgehead atoms. The van der Waals surface area contributed by atoms with Crippen molar-refractivity contribution in [2.75, 3.05) is 20.2 Å². The quantitative estimate of drug-likeness (QED) is 0.273. The highest BCUT2D eigenvalue weighted by molar-refractivity contribution is 5.93. The molecule has 0 atom stereocenters. The molecule has 0 radical (unpaired) electrons. The van der Waals surface area contributed by atoms with E-state index in [1.807, 2.05) is 65.2 Å². The number of likely N-dealkylation sites (tertiary alicyclic amines) is 1. The Kier molecular flexibility index (Phi) is 9.00. The third kappa shape index (κ3) is 6.66. The molecule has 2 aromatic heterocycles. The molecule has 222 valence electrons. The summed E-state index contributed by atoms with van der Waals surface area (Å²) in [5, 5.41) is 4.62. The SMILES string of the molecule is COc1ccc2nc(-c3ccc4c(c3)CCC4)c(-c3ccccc3)n2n1.NC1CCN(C(=O)C#CCc2ccccc2)CC1. The highest BCUT2D eigenvalue weighted by Gasteiger charge is 2.20. The van der Waals surface area contributed by atoms with Crippen molar-refractivity contribution in [2.45, 2.75) is 44.6 Å². The second-order valence-electron chi connectivity index (χ2n) is 11.3. The van der Waals surface area contributed by atoms with Crippen LogP contribution in [-0.4, -0.2) is 51.6 Å². The molecule has 7 nitrogen and oxygen atoms in total. The van der Waals surface area contributed by atoms with E-state index in [0.717, 1.165) is 66.1 Å². The fourth-order valence-corrected chi connectivity index (χ4v) is 5.80. The van der Waals surface area contributed by atoms with Gasteiger partial charge >= 0.3 is 0 Å². The van der Waals surface area contributed by atoms with Gasteiger partial charge in [0, 0.05) is 42.7 Å². The number of ether oxygens (including phenoxy) is 1. The molecule has 5 aromatic rings. The first-order valence-electron chi connectivity index (χ1n) is 15.3. The van der Waals surface area contributed by atoms with Gasteiger partial charge in [-0.2, -0.15) is 0 Å². The van der Waals surface area contributed by atoms with Crippen molar-refractivity contribution < 1.29 is 9.53 Å². The van der Waals surface area contributed by atoms with Crippen molar-refractivity contribution in [3.05, 3.63) is 108 Å². The first kappa shape index (κ1) is 29.2. The van der Waals surface area contributed by atoms with Gasteiger partial charge < -0.3 is 15.4 Å². The minimum absolute atomic E-state index is 0.0715. The molecule has 1 saturated heterocycles. The van der Waals surface area contributed by atoms with Gasteiger partial charge in [0.05, 0.1) is 12.8 Å². The van der Waals surface area contributed by atoms with E-state index in [2.05, 4.69) is 47.3 Å². The maximum atomic E-state index is 11.8. The zero-order valence-corrected chi connectivity index (χ0v) is 25.1. The molecule has 1 aliphatic heterocycles. The van der Waals surface area contributed by atoms with Crippen LogP contribution in [0.25, 0.3) is 28.2 Å². The van der Waals surface area contributed by atoms with Gasteiger partial charge in [0.25, 0.3) is 5.91 Å². The zero-order chi connectivity index (χ0) is 30.3. The number of amides is 1. The molecular formula is C37H37N5O2. The summed E-state index contributed by atoms with van der Waals surface area (Å²) < 4.78 is 7.21. The van der Waals surface area contributed by atoms with E-state index in [9.17, 15) is 4.79 Å². The molecule has 0 saturated carbocycles. The van der Waals surface area contributed by atoms with Crippen LogP contribution in [-0.2, 0) is 24.1 Å². The van der Waals surface area contributed by atoms with Crippen LogP contribution >= 0.6 is 0 Å². The molecule has 7 heteroatoms. The monoisotopic (exact) mass is 583 g/mol. The number of aryl methyl sites for hydroxylation is 2. The molecular weight excluding hydrogens is 546 g/mol. The first-order chi connectivity index (χ1) is 21.6. The molecule has 44 heavy (non-hydrogen) atoms. The van der Waals surface area contributed by atoms with Gasteiger partial charge in [-0.15, -0.1) is 5.10 Å². The lowest BCUT2D eigenvalue weighted by atomic mass is 10.0. The van der Waals surface area contributed by atoms with E-state index >= 15 is 0 Å². The number of carbonyl (C=O) groups is 1. The van der Waals surface area contributed by atoms with E-state index in [4.69, 9.17) is 15.5 Å². The van der Waals surface area contributed by atoms with Gasteiger partial charge in [-0.1, -0.05) is 78.7 Å². The highest BCUT2D eigenvalue weighted by Crippen LogP contribution is 2.35. The van der Waals surface area contributed by atoms with Gasteiger partial charge in [-0.3, -0.25) is 4.79 Å². The van der Waals surface area contributed by atoms with Crippen LogP contribution in [0.15, 0.2) is 91.0 Å². The number of benzene rings is 3. The van der Waals surface area contributed by atoms with Gasteiger partial charge in [0.2, 0.25) is 5.88 Å². The van der Waals surface area contributed by atoms with E-state index in [-0.39, 0.29) is 11.9 Å². The van der Waals surface area contributed by atoms with E-state index in [1.165, 1.54) is 24.0 Å². The summed E-state index contributed by atoms with van der Waals surface area (Å²) in [6, 6.07) is 31.0. The van der Waals surface area contributed by atoms with Crippen molar-refractivity contribution in [1.29, 1.82) is 0 Å². The molecule has 0 unspecified atom stereocenters. The predicted molar refractivity (Wildman–Crippen MR) is 174 cm³/mol. The Labute approximate surface area is 258 Å². The maximum absolute atomic E-state index is 11.8. The van der Waals surface area contributed by atoms with Crippen LogP contribution in [0.5, 0.6) is 5.88 Å². The summed E-state index contributed by atoms with van der Waals surface area (Å²) in [7, 11) is 1.63. The number of imidazole rings is 1. The van der Waals surface area contributed by atoms with Crippen LogP contribution in [0, 0.1) is 11.8 Å². The van der Waals surface area contributed by atoms with Crippen LogP contribution in [0.1, 0.15) is 36.0 Å². The van der Waals surface area contributed by atoms with Gasteiger partial charge in [-0.05, 0) is 66.8 Å². The van der Waals surface area contributed by atoms with Crippen LogP contribution < -0.4 is 10.5 Å². The minimum atomic E-state index is -0.0715. The Hall–Kier alpha value is -4.93. The molecule has 2 N–H and O–H groups in total.